The standard InChI is InChI=1S/C88H116N18O25S/c1-47-76(119)97-62(38-75(117)118)87(130)105-32-16-23-67(105)83(126)99-63(39-89)80(123)96-59(29-31-74(115)116)86(129)106-43-53(109)37-69(106)70(110)36-49(34-50-40-91-56-19-14-12-17-54(50)56)77(120)100-64(44-107)81(124)98-61(35-51-41-92-57-20-15-13-18-55(51)57)85(128)104(4)68-22-11-9-7-5-6-8-10-21-66(103(3)88(68)131)82(125)95-58(28-30-73(113)114)79(122)101-65(78(121)93-42-71(90)111)45-132-46-72(112)94-60(84(127)102(47)2)33-48-24-26-52(108)27-25-48/h5,7,12-15,17-20,24-27,40-41,47,49,53,58-69,91-92,107-109H,6,8-11,16,21-23,28-39,42-46,89H2,1-4H3,(H2,90,111)(H,93,121)(H,94,112)(H,95,125)(H,96,123)(H,97,119)(H,98,124)(H,99,126)(H,100,120)(H,101,122)(H,113,114)(H,115,116)(H,117,118)/b7-5-/t47-,49+,53+,58-,59-,60-,61-,62-,63-,64-,65-,66-,67-,68-,69-/m0/s1. The number of Topliss-reactive ketones (excluding diaryl/α,β-unsaturated/α-hetero) is 1. The Labute approximate surface area is 762 Å². The lowest BCUT2D eigenvalue weighted by molar-refractivity contribution is -0.149. The first-order valence-electron chi connectivity index (χ1n) is 43.5. The Hall–Kier alpha value is -13.4. The summed E-state index contributed by atoms with van der Waals surface area (Å²) in [6, 6.07) is -2.62. The van der Waals surface area contributed by atoms with Crippen LogP contribution in [0.5, 0.6) is 5.75 Å². The number of carboxylic acid groups (broad SMARTS) is 3. The van der Waals surface area contributed by atoms with Crippen molar-refractivity contribution in [3.8, 4) is 5.75 Å². The average Bonchev–Trinajstić information content (AvgIpc) is 1.57. The van der Waals surface area contributed by atoms with Crippen molar-refractivity contribution in [3.05, 3.63) is 114 Å². The number of carboxylic acids is 3. The summed E-state index contributed by atoms with van der Waals surface area (Å²) < 4.78 is 0. The number of para-hydroxylation sites is 2. The van der Waals surface area contributed by atoms with E-state index in [1.807, 2.05) is 12.2 Å². The number of primary amides is 1. The molecule has 43 nitrogen and oxygen atoms in total. The molecule has 3 saturated heterocycles. The number of fused-ring (bicyclic) bond motifs is 7. The van der Waals surface area contributed by atoms with Gasteiger partial charge in [0.1, 0.15) is 78.3 Å². The zero-order chi connectivity index (χ0) is 96.3. The largest absolute Gasteiger partial charge is 0.508 e. The number of rotatable bonds is 19. The molecule has 5 aromatic rings. The molecule has 21 N–H and O–H groups in total. The fraction of sp³-hybridized carbons (Fsp3) is 0.511. The van der Waals surface area contributed by atoms with Crippen molar-refractivity contribution in [2.45, 2.75) is 214 Å². The number of H-pyrrole nitrogens is 2. The molecule has 2 aromatic heterocycles. The van der Waals surface area contributed by atoms with Crippen molar-refractivity contribution < 1.29 is 122 Å². The molecule has 2 bridgehead atoms. The summed E-state index contributed by atoms with van der Waals surface area (Å²) in [5.74, 6) is -23.8. The van der Waals surface area contributed by atoms with Gasteiger partial charge in [0.15, 0.2) is 5.78 Å². The summed E-state index contributed by atoms with van der Waals surface area (Å²) in [6.45, 7) is -2.24. The van der Waals surface area contributed by atoms with Gasteiger partial charge in [-0.1, -0.05) is 67.1 Å². The van der Waals surface area contributed by atoms with Crippen molar-refractivity contribution in [1.29, 1.82) is 0 Å². The topological polar surface area (TPSA) is 654 Å². The Morgan fingerprint density at radius 3 is 1.67 bits per heavy atom. The van der Waals surface area contributed by atoms with E-state index in [0.29, 0.717) is 69.5 Å². The van der Waals surface area contributed by atoms with E-state index in [4.69, 9.17) is 11.5 Å². The minimum Gasteiger partial charge on any atom is -0.508 e. The Balaban J connectivity index is 1.09. The molecule has 44 heteroatoms. The molecule has 0 spiro atoms. The minimum atomic E-state index is -1.95. The second-order valence-electron chi connectivity index (χ2n) is 33.3. The number of phenols is 1. The maximum Gasteiger partial charge on any atom is 0.305 e. The van der Waals surface area contributed by atoms with Gasteiger partial charge in [-0.15, -0.1) is 11.8 Å². The van der Waals surface area contributed by atoms with Crippen LogP contribution in [0.4, 0.5) is 0 Å². The van der Waals surface area contributed by atoms with Crippen LogP contribution in [-0.2, 0) is 110 Å². The lowest BCUT2D eigenvalue weighted by atomic mass is 9.90. The number of hydrogen-bond donors (Lipinski definition) is 19. The molecule has 6 heterocycles. The molecule has 0 saturated carbocycles. The summed E-state index contributed by atoms with van der Waals surface area (Å²) in [7, 11) is 3.73. The number of benzene rings is 3. The van der Waals surface area contributed by atoms with Crippen molar-refractivity contribution in [2.24, 2.45) is 17.4 Å². The molecular weight excluding hydrogens is 1740 g/mol. The second kappa shape index (κ2) is 48.5. The van der Waals surface area contributed by atoms with Gasteiger partial charge in [-0.25, -0.2) is 0 Å². The Bertz CT molecular complexity index is 5100. The summed E-state index contributed by atoms with van der Waals surface area (Å²) >= 11 is 0.684. The van der Waals surface area contributed by atoms with E-state index in [-0.39, 0.29) is 70.1 Å². The van der Waals surface area contributed by atoms with Crippen LogP contribution in [-0.4, -0.2) is 327 Å². The summed E-state index contributed by atoms with van der Waals surface area (Å²) in [5, 5.41) is 86.4. The first kappa shape index (κ1) is 102. The van der Waals surface area contributed by atoms with Crippen LogP contribution in [0.25, 0.3) is 21.8 Å². The molecule has 3 aromatic carbocycles. The lowest BCUT2D eigenvalue weighted by Gasteiger charge is -2.36. The van der Waals surface area contributed by atoms with Crippen molar-refractivity contribution in [1.82, 2.24) is 82.3 Å². The van der Waals surface area contributed by atoms with E-state index < -0.39 is 286 Å². The number of allylic oxidation sites excluding steroid dienone is 2. The van der Waals surface area contributed by atoms with E-state index in [9.17, 15) is 88.2 Å². The fourth-order valence-corrected chi connectivity index (χ4v) is 17.3. The van der Waals surface area contributed by atoms with Gasteiger partial charge in [0.05, 0.1) is 37.5 Å². The maximum atomic E-state index is 15.7. The average molecular weight is 1860 g/mol. The normalized spacial score (nSPS) is 26.1. The van der Waals surface area contributed by atoms with E-state index >= 15 is 33.6 Å². The molecule has 15 atom stereocenters. The minimum absolute atomic E-state index is 0.0748. The number of thioether (sulfide) groups is 1. The molecular formula is C88H116N18O25S. The highest BCUT2D eigenvalue weighted by Gasteiger charge is 2.47. The molecule has 0 unspecified atom stereocenters. The number of phenolic OH excluding ortho intramolecular Hbond substituents is 1. The van der Waals surface area contributed by atoms with E-state index in [1.165, 1.54) is 45.3 Å². The number of ketones is 1. The van der Waals surface area contributed by atoms with Crippen LogP contribution in [0.1, 0.15) is 126 Å². The molecule has 4 aliphatic rings. The molecule has 714 valence electrons. The highest BCUT2D eigenvalue weighted by molar-refractivity contribution is 8.00. The molecule has 4 aliphatic heterocycles. The van der Waals surface area contributed by atoms with E-state index in [0.717, 1.165) is 31.5 Å². The molecule has 0 aliphatic carbocycles. The monoisotopic (exact) mass is 1860 g/mol. The number of likely N-dealkylation sites (N-methyl/N-ethyl adjacent to an activating group) is 3. The van der Waals surface area contributed by atoms with Crippen molar-refractivity contribution in [3.63, 3.8) is 0 Å². The predicted molar refractivity (Wildman–Crippen MR) is 474 cm³/mol. The molecule has 0 radical (unpaired) electrons. The number of carbonyl (C=O) groups excluding carboxylic acids is 16. The van der Waals surface area contributed by atoms with Crippen LogP contribution >= 0.6 is 11.8 Å². The van der Waals surface area contributed by atoms with Crippen molar-refractivity contribution >= 4 is 146 Å². The first-order valence-corrected chi connectivity index (χ1v) is 44.7. The number of aliphatic hydroxyl groups is 2. The maximum absolute atomic E-state index is 15.7. The fourth-order valence-electron chi connectivity index (χ4n) is 16.5. The molecule has 132 heavy (non-hydrogen) atoms. The van der Waals surface area contributed by atoms with Gasteiger partial charge < -0.3 is 124 Å². The highest BCUT2D eigenvalue weighted by atomic mass is 32.2. The van der Waals surface area contributed by atoms with Gasteiger partial charge in [0.25, 0.3) is 0 Å². The van der Waals surface area contributed by atoms with Gasteiger partial charge in [-0.05, 0) is 119 Å². The molecule has 3 fully saturated rings. The number of aromatic hydroxyl groups is 1. The molecule has 15 amide bonds. The number of aromatic amines is 2. The van der Waals surface area contributed by atoms with Crippen LogP contribution in [0, 0.1) is 5.92 Å². The lowest BCUT2D eigenvalue weighted by Crippen LogP contribution is -2.61. The van der Waals surface area contributed by atoms with Gasteiger partial charge >= 0.3 is 17.9 Å². The third kappa shape index (κ3) is 28.1. The van der Waals surface area contributed by atoms with Gasteiger partial charge in [-0.2, -0.15) is 0 Å². The Morgan fingerprint density at radius 1 is 0.515 bits per heavy atom. The number of aliphatic carboxylic acids is 3. The van der Waals surface area contributed by atoms with Crippen LogP contribution in [0.15, 0.2) is 97.3 Å². The summed E-state index contributed by atoms with van der Waals surface area (Å²) in [6.07, 6.45) is 1.14. The molecule has 9 rings (SSSR count). The van der Waals surface area contributed by atoms with Gasteiger partial charge in [-0.3, -0.25) is 91.1 Å². The SMILES string of the molecule is C[C@H]1C(=O)N[C@@H](CC(=O)O)C(=O)N2CCC[C@H]2C(=O)N[C@@H](CN)C(=O)N[C@@H](CCC(=O)O)C(=O)N2C[C@H](O)C[C@H]2C(=O)C[C@@H](Cc2c[nH]c3ccccc23)C(=O)N[C@@H](CO)C(=O)N[C@@H](Cc2c[nH]c3ccccc23)C(=O)N(C)[C@H]2CCC/C=C\CCCC[C@@H](C(=O)N[C@@H](CCC(=O)O)C(=O)N[C@H](C(=O)NCC(N)=O)CSCC(=O)N[C@@H](Cc3ccc(O)cc3)C(=O)N1C)N(C)C2=O. The van der Waals surface area contributed by atoms with E-state index in [1.54, 1.807) is 60.9 Å². The van der Waals surface area contributed by atoms with Crippen molar-refractivity contribution in [2.75, 3.05) is 65.4 Å². The smallest absolute Gasteiger partial charge is 0.305 e. The zero-order valence-corrected chi connectivity index (χ0v) is 74.3. The number of aliphatic hydroxyl groups excluding tert-OH is 2. The Kier molecular flexibility index (Phi) is 37.6. The number of aromatic nitrogens is 2. The van der Waals surface area contributed by atoms with Crippen LogP contribution in [0.3, 0.4) is 0 Å². The van der Waals surface area contributed by atoms with Gasteiger partial charge in [0, 0.05) is 125 Å². The van der Waals surface area contributed by atoms with Crippen LogP contribution in [0.2, 0.25) is 0 Å². The third-order valence-corrected chi connectivity index (χ3v) is 24.9. The highest BCUT2D eigenvalue weighted by Crippen LogP contribution is 2.30. The van der Waals surface area contributed by atoms with Gasteiger partial charge in [0.2, 0.25) is 88.6 Å². The Morgan fingerprint density at radius 2 is 1.05 bits per heavy atom. The zero-order valence-electron chi connectivity index (χ0n) is 73.5. The predicted octanol–water partition coefficient (Wildman–Crippen LogP) is -2.91. The van der Waals surface area contributed by atoms with E-state index in [2.05, 4.69) is 57.8 Å². The summed E-state index contributed by atoms with van der Waals surface area (Å²) in [5.41, 5.74) is 14.0. The quantitative estimate of drug-likeness (QED) is 0.0369. The second-order valence-corrected chi connectivity index (χ2v) is 34.4. The number of amides is 15. The summed E-state index contributed by atoms with van der Waals surface area (Å²) in [4.78, 5) is 283. The van der Waals surface area contributed by atoms with Crippen LogP contribution < -0.4 is 59.3 Å². The number of hydrogen-bond acceptors (Lipinski definition) is 24. The third-order valence-electron chi connectivity index (χ3n) is 23.9. The number of nitrogens with one attached hydrogen (secondary N) is 11. The number of carbonyl (C=O) groups is 19. The first-order chi connectivity index (χ1) is 62.9. The number of nitrogens with zero attached hydrogens (tertiary/aromatic N) is 5. The number of nitrogens with two attached hydrogens (primary N) is 2.